The number of rotatable bonds is 5. The molecule has 0 saturated heterocycles. The van der Waals surface area contributed by atoms with Crippen LogP contribution in [0.4, 0.5) is 11.6 Å². The van der Waals surface area contributed by atoms with Gasteiger partial charge in [-0.15, -0.1) is 0 Å². The van der Waals surface area contributed by atoms with E-state index in [1.807, 2.05) is 38.4 Å². The molecule has 2 aromatic rings. The van der Waals surface area contributed by atoms with Crippen molar-refractivity contribution in [1.29, 1.82) is 0 Å². The highest BCUT2D eigenvalue weighted by atomic mass is 16.5. The Bertz CT molecular complexity index is 649. The highest BCUT2D eigenvalue weighted by Crippen LogP contribution is 2.12. The Balaban J connectivity index is 1.95. The third kappa shape index (κ3) is 4.31. The normalized spacial score (nSPS) is 10.5. The number of nitrogens with one attached hydrogen (secondary N) is 1. The molecule has 1 aromatic carbocycles. The quantitative estimate of drug-likeness (QED) is 0.857. The fourth-order valence-corrected chi connectivity index (χ4v) is 1.69. The molecule has 0 aliphatic carbocycles. The number of ether oxygens (including phenoxy) is 1. The van der Waals surface area contributed by atoms with Crippen LogP contribution in [-0.2, 0) is 4.79 Å². The lowest BCUT2D eigenvalue weighted by Crippen LogP contribution is -2.13. The van der Waals surface area contributed by atoms with Crippen molar-refractivity contribution in [1.82, 2.24) is 9.97 Å². The maximum absolute atomic E-state index is 11.8. The van der Waals surface area contributed by atoms with E-state index in [9.17, 15) is 4.79 Å². The van der Waals surface area contributed by atoms with Crippen LogP contribution >= 0.6 is 0 Å². The van der Waals surface area contributed by atoms with Gasteiger partial charge in [-0.1, -0.05) is 12.1 Å². The molecule has 0 aliphatic heterocycles. The number of hydrogen-bond donors (Lipinski definition) is 1. The number of nitrogens with zero attached hydrogens (tertiary/aromatic N) is 3. The Morgan fingerprint density at radius 1 is 1.18 bits per heavy atom. The van der Waals surface area contributed by atoms with E-state index in [1.165, 1.54) is 6.08 Å². The molecule has 0 atom stereocenters. The lowest BCUT2D eigenvalue weighted by Gasteiger charge is -2.09. The smallest absolute Gasteiger partial charge is 0.248 e. The number of benzene rings is 1. The van der Waals surface area contributed by atoms with Gasteiger partial charge in [0.25, 0.3) is 0 Å². The van der Waals surface area contributed by atoms with Gasteiger partial charge in [-0.3, -0.25) is 4.79 Å². The van der Waals surface area contributed by atoms with Gasteiger partial charge >= 0.3 is 0 Å². The predicted octanol–water partition coefficient (Wildman–Crippen LogP) is 2.20. The topological polar surface area (TPSA) is 67.3 Å². The van der Waals surface area contributed by atoms with Gasteiger partial charge in [-0.25, -0.2) is 9.97 Å². The summed E-state index contributed by atoms with van der Waals surface area (Å²) < 4.78 is 5.08. The van der Waals surface area contributed by atoms with Crippen LogP contribution in [0.2, 0.25) is 0 Å². The average molecular weight is 298 g/mol. The maximum Gasteiger partial charge on any atom is 0.248 e. The summed E-state index contributed by atoms with van der Waals surface area (Å²) in [5, 5.41) is 2.71. The minimum Gasteiger partial charge on any atom is -0.497 e. The van der Waals surface area contributed by atoms with Crippen molar-refractivity contribution >= 4 is 23.6 Å². The van der Waals surface area contributed by atoms with Crippen LogP contribution < -0.4 is 15.0 Å². The zero-order chi connectivity index (χ0) is 15.9. The first-order valence-electron chi connectivity index (χ1n) is 6.71. The molecule has 1 aromatic heterocycles. The van der Waals surface area contributed by atoms with E-state index >= 15 is 0 Å². The Morgan fingerprint density at radius 2 is 1.82 bits per heavy atom. The van der Waals surface area contributed by atoms with Crippen molar-refractivity contribution in [2.75, 3.05) is 31.4 Å². The largest absolute Gasteiger partial charge is 0.497 e. The van der Waals surface area contributed by atoms with Crippen molar-refractivity contribution in [3.05, 3.63) is 48.3 Å². The third-order valence-electron chi connectivity index (χ3n) is 2.85. The maximum atomic E-state index is 11.8. The number of carbonyl (C=O) groups is 1. The molecule has 0 bridgehead atoms. The van der Waals surface area contributed by atoms with Crippen LogP contribution in [0, 0.1) is 0 Å². The Morgan fingerprint density at radius 3 is 2.36 bits per heavy atom. The van der Waals surface area contributed by atoms with Crippen LogP contribution in [0.25, 0.3) is 6.08 Å². The number of carbonyl (C=O) groups excluding carboxylic acids is 1. The van der Waals surface area contributed by atoms with Gasteiger partial charge in [-0.2, -0.15) is 0 Å². The molecule has 22 heavy (non-hydrogen) atoms. The van der Waals surface area contributed by atoms with E-state index in [4.69, 9.17) is 4.74 Å². The van der Waals surface area contributed by atoms with Gasteiger partial charge in [-0.05, 0) is 23.8 Å². The minimum atomic E-state index is -0.239. The monoisotopic (exact) mass is 298 g/mol. The summed E-state index contributed by atoms with van der Waals surface area (Å²) in [7, 11) is 5.32. The minimum absolute atomic E-state index is 0.239. The molecule has 1 N–H and O–H groups in total. The summed E-state index contributed by atoms with van der Waals surface area (Å²) in [5.41, 5.74) is 1.46. The van der Waals surface area contributed by atoms with Gasteiger partial charge in [0.05, 0.1) is 25.2 Å². The van der Waals surface area contributed by atoms with Gasteiger partial charge in [0.1, 0.15) is 5.75 Å². The van der Waals surface area contributed by atoms with E-state index < -0.39 is 0 Å². The first-order chi connectivity index (χ1) is 10.6. The van der Waals surface area contributed by atoms with Crippen LogP contribution in [0.3, 0.4) is 0 Å². The first-order valence-corrected chi connectivity index (χ1v) is 6.71. The van der Waals surface area contributed by atoms with E-state index in [1.54, 1.807) is 30.5 Å². The zero-order valence-corrected chi connectivity index (χ0v) is 12.8. The van der Waals surface area contributed by atoms with Crippen LogP contribution in [0.1, 0.15) is 5.56 Å². The van der Waals surface area contributed by atoms with Gasteiger partial charge < -0.3 is 15.0 Å². The Kier molecular flexibility index (Phi) is 5.08. The zero-order valence-electron chi connectivity index (χ0n) is 12.8. The second-order valence-electron chi connectivity index (χ2n) is 4.76. The van der Waals surface area contributed by atoms with E-state index in [2.05, 4.69) is 15.3 Å². The highest BCUT2D eigenvalue weighted by molar-refractivity contribution is 6.01. The molecular weight excluding hydrogens is 280 g/mol. The number of aromatic nitrogens is 2. The van der Waals surface area contributed by atoms with Crippen molar-refractivity contribution in [3.8, 4) is 5.75 Å². The Hall–Kier alpha value is -2.89. The van der Waals surface area contributed by atoms with Crippen LogP contribution in [0.15, 0.2) is 42.7 Å². The van der Waals surface area contributed by atoms with Crippen molar-refractivity contribution < 1.29 is 9.53 Å². The summed E-state index contributed by atoms with van der Waals surface area (Å²) in [6, 6.07) is 7.42. The molecule has 0 radical (unpaired) electrons. The SMILES string of the molecule is COc1ccc(/C=C/C(=O)Nc2cnc(N(C)C)nc2)cc1. The van der Waals surface area contributed by atoms with Crippen LogP contribution in [-0.4, -0.2) is 37.1 Å². The lowest BCUT2D eigenvalue weighted by atomic mass is 10.2. The van der Waals surface area contributed by atoms with Crippen molar-refractivity contribution in [3.63, 3.8) is 0 Å². The molecule has 2 rings (SSSR count). The van der Waals surface area contributed by atoms with Crippen molar-refractivity contribution in [2.45, 2.75) is 0 Å². The molecule has 0 unspecified atom stereocenters. The first kappa shape index (κ1) is 15.5. The molecular formula is C16H18N4O2. The Labute approximate surface area is 129 Å². The molecule has 0 spiro atoms. The molecule has 0 aliphatic rings. The fourth-order valence-electron chi connectivity index (χ4n) is 1.69. The summed E-state index contributed by atoms with van der Waals surface area (Å²) in [5.74, 6) is 1.13. The lowest BCUT2D eigenvalue weighted by molar-refractivity contribution is -0.111. The van der Waals surface area contributed by atoms with Crippen LogP contribution in [0.5, 0.6) is 5.75 Å². The van der Waals surface area contributed by atoms with E-state index in [0.29, 0.717) is 11.6 Å². The number of amides is 1. The molecule has 6 heteroatoms. The fraction of sp³-hybridized carbons (Fsp3) is 0.188. The van der Waals surface area contributed by atoms with Gasteiger partial charge in [0.15, 0.2) is 0 Å². The third-order valence-corrected chi connectivity index (χ3v) is 2.85. The average Bonchev–Trinajstić information content (AvgIpc) is 2.54. The second-order valence-corrected chi connectivity index (χ2v) is 4.76. The van der Waals surface area contributed by atoms with Crippen molar-refractivity contribution in [2.24, 2.45) is 0 Å². The summed E-state index contributed by atoms with van der Waals surface area (Å²) >= 11 is 0. The predicted molar refractivity (Wildman–Crippen MR) is 87.0 cm³/mol. The molecule has 0 fully saturated rings. The number of anilines is 2. The number of hydrogen-bond acceptors (Lipinski definition) is 5. The standard InChI is InChI=1S/C16H18N4O2/c1-20(2)16-17-10-13(11-18-16)19-15(21)9-6-12-4-7-14(22-3)8-5-12/h4-11H,1-3H3,(H,19,21)/b9-6+. The van der Waals surface area contributed by atoms with Gasteiger partial charge in [0, 0.05) is 20.2 Å². The molecule has 0 saturated carbocycles. The van der Waals surface area contributed by atoms with Gasteiger partial charge in [0.2, 0.25) is 11.9 Å². The van der Waals surface area contributed by atoms with E-state index in [0.717, 1.165) is 11.3 Å². The molecule has 6 nitrogen and oxygen atoms in total. The molecule has 1 heterocycles. The molecule has 1 amide bonds. The molecule has 114 valence electrons. The second kappa shape index (κ2) is 7.21. The summed E-state index contributed by atoms with van der Waals surface area (Å²) in [6.07, 6.45) is 6.33. The summed E-state index contributed by atoms with van der Waals surface area (Å²) in [6.45, 7) is 0. The summed E-state index contributed by atoms with van der Waals surface area (Å²) in [4.78, 5) is 21.9. The van der Waals surface area contributed by atoms with E-state index in [-0.39, 0.29) is 5.91 Å². The highest BCUT2D eigenvalue weighted by Gasteiger charge is 2.01. The number of methoxy groups -OCH3 is 1.